The number of halogens is 1. The molecule has 3 fully saturated rings. The van der Waals surface area contributed by atoms with Gasteiger partial charge < -0.3 is 4.90 Å². The van der Waals surface area contributed by atoms with Crippen molar-refractivity contribution >= 4 is 28.8 Å². The lowest BCUT2D eigenvalue weighted by molar-refractivity contribution is -0.139. The Bertz CT molecular complexity index is 553. The van der Waals surface area contributed by atoms with E-state index in [4.69, 9.17) is 11.6 Å². The van der Waals surface area contributed by atoms with Crippen LogP contribution >= 0.6 is 22.9 Å². The Morgan fingerprint density at radius 2 is 2.00 bits per heavy atom. The first-order chi connectivity index (χ1) is 10.7. The molecule has 0 N–H and O–H groups in total. The molecule has 3 aliphatic rings. The number of thiophene rings is 1. The molecular weight excluding hydrogens is 316 g/mol. The normalized spacial score (nSPS) is 31.9. The summed E-state index contributed by atoms with van der Waals surface area (Å²) in [6.45, 7) is 4.73. The number of nitrogens with zero attached hydrogens (tertiary/aromatic N) is 2. The van der Waals surface area contributed by atoms with Crippen LogP contribution in [-0.2, 0) is 11.3 Å². The number of hydrogen-bond acceptors (Lipinski definition) is 3. The van der Waals surface area contributed by atoms with Gasteiger partial charge in [-0.1, -0.05) is 18.0 Å². The molecule has 4 rings (SSSR count). The molecule has 2 aliphatic carbocycles. The number of amides is 1. The highest BCUT2D eigenvalue weighted by Crippen LogP contribution is 2.48. The number of carbonyl (C=O) groups excluding carboxylic acids is 1. The Balaban J connectivity index is 1.29. The molecule has 0 aromatic carbocycles. The second-order valence-corrected chi connectivity index (χ2v) is 8.89. The number of fused-ring (bicyclic) bond motifs is 2. The Hall–Kier alpha value is -0.580. The first-order valence-corrected chi connectivity index (χ1v) is 9.64. The Kier molecular flexibility index (Phi) is 4.18. The van der Waals surface area contributed by atoms with E-state index < -0.39 is 0 Å². The van der Waals surface area contributed by atoms with Crippen molar-refractivity contribution in [1.82, 2.24) is 9.80 Å². The number of rotatable bonds is 3. The van der Waals surface area contributed by atoms with Crippen LogP contribution in [0.4, 0.5) is 0 Å². The van der Waals surface area contributed by atoms with Gasteiger partial charge in [0.1, 0.15) is 0 Å². The van der Waals surface area contributed by atoms with Gasteiger partial charge in [-0.25, -0.2) is 0 Å². The SMILES string of the molecule is O=C(C1CC2CCC1C2)N1CCN(Cc2ccc(Cl)s2)CC1. The topological polar surface area (TPSA) is 23.6 Å². The van der Waals surface area contributed by atoms with Crippen molar-refractivity contribution in [2.24, 2.45) is 17.8 Å². The van der Waals surface area contributed by atoms with Gasteiger partial charge in [0.2, 0.25) is 5.91 Å². The zero-order valence-electron chi connectivity index (χ0n) is 12.8. The fraction of sp³-hybridized carbons (Fsp3) is 0.706. The molecule has 2 bridgehead atoms. The summed E-state index contributed by atoms with van der Waals surface area (Å²) < 4.78 is 0.861. The minimum atomic E-state index is 0.349. The Labute approximate surface area is 141 Å². The third-order valence-corrected chi connectivity index (χ3v) is 6.96. The van der Waals surface area contributed by atoms with Crippen molar-refractivity contribution in [1.29, 1.82) is 0 Å². The fourth-order valence-electron chi connectivity index (χ4n) is 4.57. The molecule has 3 unspecified atom stereocenters. The summed E-state index contributed by atoms with van der Waals surface area (Å²) in [7, 11) is 0. The van der Waals surface area contributed by atoms with Crippen LogP contribution in [0.25, 0.3) is 0 Å². The average molecular weight is 339 g/mol. The van der Waals surface area contributed by atoms with E-state index in [1.807, 2.05) is 6.07 Å². The molecule has 120 valence electrons. The minimum absolute atomic E-state index is 0.349. The van der Waals surface area contributed by atoms with Crippen LogP contribution < -0.4 is 0 Å². The molecule has 1 saturated heterocycles. The van der Waals surface area contributed by atoms with Gasteiger partial charge in [0.25, 0.3) is 0 Å². The second kappa shape index (κ2) is 6.14. The van der Waals surface area contributed by atoms with Gasteiger partial charge in [-0.2, -0.15) is 0 Å². The van der Waals surface area contributed by atoms with Gasteiger partial charge in [-0.15, -0.1) is 11.3 Å². The van der Waals surface area contributed by atoms with Gasteiger partial charge in [0.05, 0.1) is 4.34 Å². The van der Waals surface area contributed by atoms with Crippen molar-refractivity contribution in [3.05, 3.63) is 21.3 Å². The summed E-state index contributed by atoms with van der Waals surface area (Å²) in [5.41, 5.74) is 0. The van der Waals surface area contributed by atoms with Gasteiger partial charge >= 0.3 is 0 Å². The third kappa shape index (κ3) is 2.93. The zero-order chi connectivity index (χ0) is 15.1. The molecule has 3 nitrogen and oxygen atoms in total. The zero-order valence-corrected chi connectivity index (χ0v) is 14.4. The molecule has 0 radical (unpaired) electrons. The smallest absolute Gasteiger partial charge is 0.226 e. The van der Waals surface area contributed by atoms with E-state index in [1.54, 1.807) is 11.3 Å². The molecule has 2 saturated carbocycles. The summed E-state index contributed by atoms with van der Waals surface area (Å²) in [6, 6.07) is 4.08. The van der Waals surface area contributed by atoms with Crippen LogP contribution in [0.1, 0.15) is 30.6 Å². The number of hydrogen-bond donors (Lipinski definition) is 0. The van der Waals surface area contributed by atoms with Crippen molar-refractivity contribution in [2.75, 3.05) is 26.2 Å². The number of carbonyl (C=O) groups is 1. The molecule has 1 amide bonds. The Morgan fingerprint density at radius 1 is 1.18 bits per heavy atom. The fourth-order valence-corrected chi connectivity index (χ4v) is 5.70. The van der Waals surface area contributed by atoms with Crippen molar-refractivity contribution in [2.45, 2.75) is 32.2 Å². The molecule has 2 heterocycles. The number of piperazine rings is 1. The highest BCUT2D eigenvalue weighted by Gasteiger charge is 2.44. The molecule has 1 aromatic rings. The van der Waals surface area contributed by atoms with E-state index in [1.165, 1.54) is 24.1 Å². The summed E-state index contributed by atoms with van der Waals surface area (Å²) in [6.07, 6.45) is 5.14. The lowest BCUT2D eigenvalue weighted by atomic mass is 9.87. The highest BCUT2D eigenvalue weighted by atomic mass is 35.5. The lowest BCUT2D eigenvalue weighted by Crippen LogP contribution is -2.50. The van der Waals surface area contributed by atoms with Crippen LogP contribution in [0.5, 0.6) is 0 Å². The summed E-state index contributed by atoms with van der Waals surface area (Å²) >= 11 is 7.65. The van der Waals surface area contributed by atoms with E-state index in [-0.39, 0.29) is 0 Å². The standard InChI is InChI=1S/C17H23ClN2OS/c18-16-4-3-14(22-16)11-19-5-7-20(8-6-19)17(21)15-10-12-1-2-13(15)9-12/h3-4,12-13,15H,1-2,5-11H2. The first-order valence-electron chi connectivity index (χ1n) is 8.44. The first kappa shape index (κ1) is 15.0. The molecule has 22 heavy (non-hydrogen) atoms. The third-order valence-electron chi connectivity index (χ3n) is 5.75. The predicted octanol–water partition coefficient (Wildman–Crippen LogP) is 3.48. The molecule has 0 spiro atoms. The van der Waals surface area contributed by atoms with Crippen LogP contribution in [0.2, 0.25) is 4.34 Å². The van der Waals surface area contributed by atoms with Crippen LogP contribution in [0, 0.1) is 17.8 Å². The van der Waals surface area contributed by atoms with Crippen molar-refractivity contribution in [3.63, 3.8) is 0 Å². The second-order valence-electron chi connectivity index (χ2n) is 7.09. The predicted molar refractivity (Wildman–Crippen MR) is 90.1 cm³/mol. The molecule has 1 aromatic heterocycles. The summed E-state index contributed by atoms with van der Waals surface area (Å²) in [5.74, 6) is 2.35. The Morgan fingerprint density at radius 3 is 2.59 bits per heavy atom. The average Bonchev–Trinajstić information content (AvgIpc) is 3.24. The maximum Gasteiger partial charge on any atom is 0.226 e. The van der Waals surface area contributed by atoms with Gasteiger partial charge in [-0.3, -0.25) is 9.69 Å². The van der Waals surface area contributed by atoms with Gasteiger partial charge in [-0.05, 0) is 43.2 Å². The van der Waals surface area contributed by atoms with Crippen molar-refractivity contribution in [3.8, 4) is 0 Å². The van der Waals surface area contributed by atoms with E-state index in [0.29, 0.717) is 17.7 Å². The largest absolute Gasteiger partial charge is 0.340 e. The summed E-state index contributed by atoms with van der Waals surface area (Å²) in [4.78, 5) is 18.6. The van der Waals surface area contributed by atoms with E-state index in [9.17, 15) is 4.79 Å². The van der Waals surface area contributed by atoms with E-state index >= 15 is 0 Å². The van der Waals surface area contributed by atoms with Gasteiger partial charge in [0.15, 0.2) is 0 Å². The minimum Gasteiger partial charge on any atom is -0.340 e. The molecule has 5 heteroatoms. The lowest BCUT2D eigenvalue weighted by Gasteiger charge is -2.37. The quantitative estimate of drug-likeness (QED) is 0.842. The maximum atomic E-state index is 12.8. The summed E-state index contributed by atoms with van der Waals surface area (Å²) in [5, 5.41) is 0. The molecular formula is C17H23ClN2OS. The van der Waals surface area contributed by atoms with Crippen LogP contribution in [-0.4, -0.2) is 41.9 Å². The highest BCUT2D eigenvalue weighted by molar-refractivity contribution is 7.16. The maximum absolute atomic E-state index is 12.8. The van der Waals surface area contributed by atoms with E-state index in [0.717, 1.165) is 49.4 Å². The van der Waals surface area contributed by atoms with Gasteiger partial charge in [0, 0.05) is 43.5 Å². The van der Waals surface area contributed by atoms with Crippen LogP contribution in [0.15, 0.2) is 12.1 Å². The van der Waals surface area contributed by atoms with Crippen molar-refractivity contribution < 1.29 is 4.79 Å². The monoisotopic (exact) mass is 338 g/mol. The van der Waals surface area contributed by atoms with E-state index in [2.05, 4.69) is 15.9 Å². The van der Waals surface area contributed by atoms with Crippen LogP contribution in [0.3, 0.4) is 0 Å². The molecule has 1 aliphatic heterocycles. The molecule has 3 atom stereocenters.